The Morgan fingerprint density at radius 1 is 0.974 bits per heavy atom. The van der Waals surface area contributed by atoms with Gasteiger partial charge in [0, 0.05) is 40.5 Å². The fraction of sp³-hybridized carbons (Fsp3) is 0.310. The minimum atomic E-state index is -0.324. The fourth-order valence-electron chi connectivity index (χ4n) is 4.48. The van der Waals surface area contributed by atoms with Gasteiger partial charge < -0.3 is 24.3 Å². The molecule has 0 amide bonds. The van der Waals surface area contributed by atoms with Crippen molar-refractivity contribution in [1.29, 1.82) is 0 Å². The van der Waals surface area contributed by atoms with Gasteiger partial charge in [-0.05, 0) is 60.4 Å². The Balaban J connectivity index is 1.33. The number of hydrogen-bond donors (Lipinski definition) is 2. The lowest BCUT2D eigenvalue weighted by Gasteiger charge is -2.14. The summed E-state index contributed by atoms with van der Waals surface area (Å²) in [6.07, 6.45) is 0.385. The molecular formula is C29H31ClN4O4. The van der Waals surface area contributed by atoms with Crippen LogP contribution in [-0.2, 0) is 22.4 Å². The topological polar surface area (TPSA) is 86.8 Å². The SMILES string of the molecule is COc1ccc(CNc2nnc(C)c3cc(-c4ccc(CCOC5NCCO5)c(Cl)c4)ccc23)c(OC)c1. The Hall–Kier alpha value is -3.43. The molecule has 1 aliphatic heterocycles. The van der Waals surface area contributed by atoms with Crippen LogP contribution in [0.25, 0.3) is 21.9 Å². The molecule has 198 valence electrons. The van der Waals surface area contributed by atoms with Crippen LogP contribution in [0.3, 0.4) is 0 Å². The molecule has 5 rings (SSSR count). The summed E-state index contributed by atoms with van der Waals surface area (Å²) in [6.45, 7) is 4.51. The largest absolute Gasteiger partial charge is 0.497 e. The second kappa shape index (κ2) is 12.0. The van der Waals surface area contributed by atoms with Crippen LogP contribution in [0.5, 0.6) is 11.5 Å². The zero-order valence-corrected chi connectivity index (χ0v) is 22.5. The maximum Gasteiger partial charge on any atom is 0.216 e. The van der Waals surface area contributed by atoms with E-state index in [0.717, 1.165) is 56.8 Å². The molecule has 38 heavy (non-hydrogen) atoms. The van der Waals surface area contributed by atoms with Gasteiger partial charge in [0.2, 0.25) is 6.41 Å². The Kier molecular flexibility index (Phi) is 8.24. The number of anilines is 1. The minimum absolute atomic E-state index is 0.324. The molecule has 4 aromatic rings. The summed E-state index contributed by atoms with van der Waals surface area (Å²) in [6, 6.07) is 18.2. The first-order valence-electron chi connectivity index (χ1n) is 12.5. The van der Waals surface area contributed by atoms with E-state index in [1.54, 1.807) is 14.2 Å². The van der Waals surface area contributed by atoms with E-state index < -0.39 is 0 Å². The highest BCUT2D eigenvalue weighted by molar-refractivity contribution is 6.31. The van der Waals surface area contributed by atoms with Crippen LogP contribution in [0.4, 0.5) is 5.82 Å². The summed E-state index contributed by atoms with van der Waals surface area (Å²) in [7, 11) is 3.29. The number of nitrogens with zero attached hydrogens (tertiary/aromatic N) is 2. The molecule has 2 N–H and O–H groups in total. The molecule has 9 heteroatoms. The lowest BCUT2D eigenvalue weighted by molar-refractivity contribution is -0.121. The molecular weight excluding hydrogens is 504 g/mol. The van der Waals surface area contributed by atoms with Crippen molar-refractivity contribution in [3.63, 3.8) is 0 Å². The molecule has 3 aromatic carbocycles. The van der Waals surface area contributed by atoms with Gasteiger partial charge in [-0.1, -0.05) is 29.8 Å². The molecule has 1 aromatic heterocycles. The quantitative estimate of drug-likeness (QED) is 0.281. The van der Waals surface area contributed by atoms with Crippen LogP contribution >= 0.6 is 11.6 Å². The molecule has 0 radical (unpaired) electrons. The Bertz CT molecular complexity index is 1430. The van der Waals surface area contributed by atoms with Gasteiger partial charge in [0.25, 0.3) is 0 Å². The maximum atomic E-state index is 6.64. The van der Waals surface area contributed by atoms with Gasteiger partial charge in [-0.15, -0.1) is 5.10 Å². The lowest BCUT2D eigenvalue weighted by atomic mass is 9.99. The monoisotopic (exact) mass is 534 g/mol. The Morgan fingerprint density at radius 2 is 1.79 bits per heavy atom. The smallest absolute Gasteiger partial charge is 0.216 e. The van der Waals surface area contributed by atoms with E-state index in [2.05, 4.69) is 51.2 Å². The van der Waals surface area contributed by atoms with Gasteiger partial charge in [0.05, 0.1) is 33.1 Å². The van der Waals surface area contributed by atoms with E-state index in [1.165, 1.54) is 0 Å². The van der Waals surface area contributed by atoms with Crippen LogP contribution in [0.15, 0.2) is 54.6 Å². The van der Waals surface area contributed by atoms with E-state index in [-0.39, 0.29) is 6.41 Å². The van der Waals surface area contributed by atoms with Crippen molar-refractivity contribution < 1.29 is 18.9 Å². The number of aryl methyl sites for hydroxylation is 1. The van der Waals surface area contributed by atoms with Crippen molar-refractivity contribution in [2.45, 2.75) is 26.3 Å². The first-order chi connectivity index (χ1) is 18.6. The first kappa shape index (κ1) is 26.2. The Morgan fingerprint density at radius 3 is 2.55 bits per heavy atom. The van der Waals surface area contributed by atoms with Gasteiger partial charge in [-0.3, -0.25) is 5.32 Å². The molecule has 1 unspecified atom stereocenters. The summed E-state index contributed by atoms with van der Waals surface area (Å²) < 4.78 is 21.9. The average Bonchev–Trinajstić information content (AvgIpc) is 3.47. The van der Waals surface area contributed by atoms with Crippen molar-refractivity contribution in [3.05, 3.63) is 76.4 Å². The minimum Gasteiger partial charge on any atom is -0.497 e. The van der Waals surface area contributed by atoms with Crippen molar-refractivity contribution in [2.24, 2.45) is 0 Å². The van der Waals surface area contributed by atoms with E-state index in [4.69, 9.17) is 30.5 Å². The average molecular weight is 535 g/mol. The van der Waals surface area contributed by atoms with Gasteiger partial charge in [0.15, 0.2) is 5.82 Å². The standard InChI is InChI=1S/C29H31ClN4O4/c1-18-25-14-20(21-5-4-19(26(30)15-21)10-12-37-29-31-11-13-38-29)7-9-24(25)28(34-33-18)32-17-22-6-8-23(35-2)16-27(22)36-3/h4-9,14-16,29,31H,10-13,17H2,1-3H3,(H,32,34). The molecule has 1 atom stereocenters. The van der Waals surface area contributed by atoms with Gasteiger partial charge in [-0.2, -0.15) is 5.10 Å². The Labute approximate surface area is 227 Å². The zero-order valence-electron chi connectivity index (χ0n) is 21.7. The first-order valence-corrected chi connectivity index (χ1v) is 12.9. The number of halogens is 1. The molecule has 8 nitrogen and oxygen atoms in total. The number of aromatic nitrogens is 2. The van der Waals surface area contributed by atoms with E-state index in [9.17, 15) is 0 Å². The number of fused-ring (bicyclic) bond motifs is 1. The second-order valence-corrected chi connectivity index (χ2v) is 9.42. The zero-order chi connectivity index (χ0) is 26.5. The lowest BCUT2D eigenvalue weighted by Crippen LogP contribution is -2.26. The fourth-order valence-corrected chi connectivity index (χ4v) is 4.76. The summed E-state index contributed by atoms with van der Waals surface area (Å²) >= 11 is 6.64. The number of benzene rings is 3. The molecule has 1 saturated heterocycles. The molecule has 2 heterocycles. The predicted molar refractivity (Wildman–Crippen MR) is 149 cm³/mol. The normalized spacial score (nSPS) is 15.1. The van der Waals surface area contributed by atoms with Crippen molar-refractivity contribution in [2.75, 3.05) is 39.3 Å². The highest BCUT2D eigenvalue weighted by Crippen LogP contribution is 2.32. The second-order valence-electron chi connectivity index (χ2n) is 9.01. The summed E-state index contributed by atoms with van der Waals surface area (Å²) in [5.74, 6) is 2.21. The highest BCUT2D eigenvalue weighted by atomic mass is 35.5. The highest BCUT2D eigenvalue weighted by Gasteiger charge is 2.15. The van der Waals surface area contributed by atoms with E-state index in [1.807, 2.05) is 31.2 Å². The molecule has 0 bridgehead atoms. The number of methoxy groups -OCH3 is 2. The number of nitrogens with one attached hydrogen (secondary N) is 2. The summed E-state index contributed by atoms with van der Waals surface area (Å²) in [5.41, 5.74) is 4.99. The van der Waals surface area contributed by atoms with Crippen molar-refractivity contribution >= 4 is 28.2 Å². The van der Waals surface area contributed by atoms with E-state index >= 15 is 0 Å². The number of ether oxygens (including phenoxy) is 4. The van der Waals surface area contributed by atoms with Crippen molar-refractivity contribution in [3.8, 4) is 22.6 Å². The third-order valence-corrected chi connectivity index (χ3v) is 6.97. The molecule has 1 aliphatic rings. The van der Waals surface area contributed by atoms with Crippen LogP contribution in [0, 0.1) is 6.92 Å². The molecule has 0 saturated carbocycles. The van der Waals surface area contributed by atoms with Crippen LogP contribution in [-0.4, -0.2) is 50.6 Å². The van der Waals surface area contributed by atoms with Crippen LogP contribution in [0.1, 0.15) is 16.8 Å². The van der Waals surface area contributed by atoms with Gasteiger partial charge in [-0.25, -0.2) is 0 Å². The summed E-state index contributed by atoms with van der Waals surface area (Å²) in [4.78, 5) is 0. The van der Waals surface area contributed by atoms with Crippen LogP contribution < -0.4 is 20.1 Å². The van der Waals surface area contributed by atoms with Crippen LogP contribution in [0.2, 0.25) is 5.02 Å². The molecule has 1 fully saturated rings. The van der Waals surface area contributed by atoms with Crippen molar-refractivity contribution in [1.82, 2.24) is 15.5 Å². The molecule has 0 spiro atoms. The molecule has 0 aliphatic carbocycles. The van der Waals surface area contributed by atoms with E-state index in [0.29, 0.717) is 37.0 Å². The third-order valence-electron chi connectivity index (χ3n) is 6.61. The predicted octanol–water partition coefficient (Wildman–Crippen LogP) is 5.35. The number of hydrogen-bond acceptors (Lipinski definition) is 8. The van der Waals surface area contributed by atoms with Gasteiger partial charge in [0.1, 0.15) is 11.5 Å². The number of rotatable bonds is 10. The van der Waals surface area contributed by atoms with Gasteiger partial charge >= 0.3 is 0 Å². The summed E-state index contributed by atoms with van der Waals surface area (Å²) in [5, 5.41) is 18.1. The maximum absolute atomic E-state index is 6.64. The third kappa shape index (κ3) is 5.84.